The number of benzene rings is 1. The van der Waals surface area contributed by atoms with Crippen LogP contribution >= 0.6 is 0 Å². The topological polar surface area (TPSA) is 46.9 Å². The summed E-state index contributed by atoms with van der Waals surface area (Å²) in [7, 11) is 1.85. The third-order valence-electron chi connectivity index (χ3n) is 3.46. The van der Waals surface area contributed by atoms with E-state index in [4.69, 9.17) is 0 Å². The van der Waals surface area contributed by atoms with Gasteiger partial charge in [-0.15, -0.1) is 0 Å². The molecular weight excluding hydrogens is 276 g/mol. The van der Waals surface area contributed by atoms with E-state index in [2.05, 4.69) is 10.4 Å². The minimum absolute atomic E-state index is 0.247. The molecular formula is C15H17F2N3O. The molecule has 6 heteroatoms. The molecule has 0 radical (unpaired) electrons. The molecule has 1 aromatic heterocycles. The van der Waals surface area contributed by atoms with E-state index >= 15 is 0 Å². The van der Waals surface area contributed by atoms with Gasteiger partial charge in [0, 0.05) is 30.9 Å². The van der Waals surface area contributed by atoms with Gasteiger partial charge in [-0.2, -0.15) is 5.10 Å². The van der Waals surface area contributed by atoms with Crippen LogP contribution in [0.2, 0.25) is 0 Å². The van der Waals surface area contributed by atoms with Gasteiger partial charge in [-0.1, -0.05) is 0 Å². The van der Waals surface area contributed by atoms with Crippen molar-refractivity contribution in [2.75, 3.05) is 5.32 Å². The minimum Gasteiger partial charge on any atom is -0.326 e. The van der Waals surface area contributed by atoms with Crippen molar-refractivity contribution in [2.45, 2.75) is 26.7 Å². The number of nitrogens with zero attached hydrogens (tertiary/aromatic N) is 2. The Balaban J connectivity index is 1.97. The van der Waals surface area contributed by atoms with E-state index in [0.717, 1.165) is 29.1 Å². The van der Waals surface area contributed by atoms with Gasteiger partial charge >= 0.3 is 0 Å². The Kier molecular flexibility index (Phi) is 4.35. The summed E-state index contributed by atoms with van der Waals surface area (Å²) >= 11 is 0. The lowest BCUT2D eigenvalue weighted by molar-refractivity contribution is -0.116. The number of nitrogens with one attached hydrogen (secondary N) is 1. The van der Waals surface area contributed by atoms with Crippen molar-refractivity contribution in [3.05, 3.63) is 46.8 Å². The monoisotopic (exact) mass is 293 g/mol. The van der Waals surface area contributed by atoms with Crippen molar-refractivity contribution in [1.29, 1.82) is 0 Å². The minimum atomic E-state index is -0.980. The summed E-state index contributed by atoms with van der Waals surface area (Å²) < 4.78 is 27.6. The van der Waals surface area contributed by atoms with Crippen molar-refractivity contribution in [3.63, 3.8) is 0 Å². The van der Waals surface area contributed by atoms with Crippen molar-refractivity contribution in [2.24, 2.45) is 7.05 Å². The highest BCUT2D eigenvalue weighted by Crippen LogP contribution is 2.16. The molecule has 2 aromatic rings. The summed E-state index contributed by atoms with van der Waals surface area (Å²) in [5.41, 5.74) is 3.21. The smallest absolute Gasteiger partial charge is 0.224 e. The second kappa shape index (κ2) is 6.03. The van der Waals surface area contributed by atoms with Gasteiger partial charge in [-0.3, -0.25) is 9.48 Å². The number of hydrogen-bond acceptors (Lipinski definition) is 2. The summed E-state index contributed by atoms with van der Waals surface area (Å²) in [5, 5.41) is 6.84. The molecule has 0 aliphatic carbocycles. The number of hydrogen-bond donors (Lipinski definition) is 1. The fraction of sp³-hybridized carbons (Fsp3) is 0.333. The summed E-state index contributed by atoms with van der Waals surface area (Å²) in [4.78, 5) is 11.9. The summed E-state index contributed by atoms with van der Waals surface area (Å²) in [6, 6.07) is 3.28. The van der Waals surface area contributed by atoms with Gasteiger partial charge < -0.3 is 5.32 Å². The average molecular weight is 293 g/mol. The number of aryl methyl sites for hydroxylation is 2. The predicted molar refractivity (Wildman–Crippen MR) is 76.0 cm³/mol. The highest BCUT2D eigenvalue weighted by atomic mass is 19.2. The first-order valence-corrected chi connectivity index (χ1v) is 6.62. The van der Waals surface area contributed by atoms with Crippen molar-refractivity contribution in [3.8, 4) is 0 Å². The Labute approximate surface area is 121 Å². The number of rotatable bonds is 4. The molecule has 2 rings (SSSR count). The molecule has 0 saturated heterocycles. The molecule has 1 amide bonds. The zero-order chi connectivity index (χ0) is 15.6. The number of aromatic nitrogens is 2. The summed E-state index contributed by atoms with van der Waals surface area (Å²) in [6.45, 7) is 3.85. The maximum Gasteiger partial charge on any atom is 0.224 e. The van der Waals surface area contributed by atoms with Crippen LogP contribution in [-0.2, 0) is 18.3 Å². The van der Waals surface area contributed by atoms with E-state index in [1.807, 2.05) is 20.9 Å². The lowest BCUT2D eigenvalue weighted by Gasteiger charge is -2.06. The molecule has 0 fully saturated rings. The summed E-state index contributed by atoms with van der Waals surface area (Å²) in [6.07, 6.45) is 0.813. The Morgan fingerprint density at radius 3 is 2.57 bits per heavy atom. The first-order chi connectivity index (χ1) is 9.88. The molecule has 0 atom stereocenters. The van der Waals surface area contributed by atoms with E-state index in [1.165, 1.54) is 6.07 Å². The molecule has 1 heterocycles. The summed E-state index contributed by atoms with van der Waals surface area (Å²) in [5.74, 6) is -2.16. The van der Waals surface area contributed by atoms with E-state index in [-0.39, 0.29) is 18.0 Å². The zero-order valence-corrected chi connectivity index (χ0v) is 12.2. The SMILES string of the molecule is Cc1nn(C)c(C)c1CCC(=O)Nc1ccc(F)c(F)c1. The fourth-order valence-corrected chi connectivity index (χ4v) is 2.22. The second-order valence-corrected chi connectivity index (χ2v) is 4.95. The predicted octanol–water partition coefficient (Wildman–Crippen LogP) is 2.89. The van der Waals surface area contributed by atoms with Crippen molar-refractivity contribution >= 4 is 11.6 Å². The van der Waals surface area contributed by atoms with Crippen LogP contribution < -0.4 is 5.32 Å². The van der Waals surface area contributed by atoms with Crippen LogP contribution in [-0.4, -0.2) is 15.7 Å². The Morgan fingerprint density at radius 2 is 2.00 bits per heavy atom. The first-order valence-electron chi connectivity index (χ1n) is 6.62. The second-order valence-electron chi connectivity index (χ2n) is 4.95. The van der Waals surface area contributed by atoms with Crippen LogP contribution in [0.5, 0.6) is 0 Å². The molecule has 0 aliphatic heterocycles. The number of carbonyl (C=O) groups excluding carboxylic acids is 1. The molecule has 4 nitrogen and oxygen atoms in total. The largest absolute Gasteiger partial charge is 0.326 e. The molecule has 0 unspecified atom stereocenters. The van der Waals surface area contributed by atoms with Crippen LogP contribution in [0.1, 0.15) is 23.4 Å². The van der Waals surface area contributed by atoms with Crippen LogP contribution in [0.3, 0.4) is 0 Å². The Bertz CT molecular complexity index is 680. The van der Waals surface area contributed by atoms with Gasteiger partial charge in [0.05, 0.1) is 5.69 Å². The van der Waals surface area contributed by atoms with Gasteiger partial charge in [-0.05, 0) is 38.0 Å². The quantitative estimate of drug-likeness (QED) is 0.942. The number of halogens is 2. The number of carbonyl (C=O) groups is 1. The van der Waals surface area contributed by atoms with Crippen molar-refractivity contribution < 1.29 is 13.6 Å². The number of anilines is 1. The van der Waals surface area contributed by atoms with Crippen LogP contribution in [0, 0.1) is 25.5 Å². The van der Waals surface area contributed by atoms with Gasteiger partial charge in [0.1, 0.15) is 0 Å². The number of amides is 1. The molecule has 0 spiro atoms. The molecule has 21 heavy (non-hydrogen) atoms. The Morgan fingerprint density at radius 1 is 1.29 bits per heavy atom. The molecule has 0 saturated carbocycles. The highest BCUT2D eigenvalue weighted by Gasteiger charge is 2.12. The first kappa shape index (κ1) is 15.2. The zero-order valence-electron chi connectivity index (χ0n) is 12.2. The average Bonchev–Trinajstić information content (AvgIpc) is 2.66. The van der Waals surface area contributed by atoms with E-state index in [9.17, 15) is 13.6 Å². The van der Waals surface area contributed by atoms with E-state index in [0.29, 0.717) is 6.42 Å². The standard InChI is InChI=1S/C15H17F2N3O/c1-9-12(10(2)20(3)19-9)5-7-15(21)18-11-4-6-13(16)14(17)8-11/h4,6,8H,5,7H2,1-3H3,(H,18,21). The maximum atomic E-state index is 13.1. The van der Waals surface area contributed by atoms with Gasteiger partial charge in [0.15, 0.2) is 11.6 Å². The van der Waals surface area contributed by atoms with E-state index in [1.54, 1.807) is 4.68 Å². The molecule has 0 bridgehead atoms. The van der Waals surface area contributed by atoms with Crippen LogP contribution in [0.15, 0.2) is 18.2 Å². The maximum absolute atomic E-state index is 13.1. The molecule has 1 aromatic carbocycles. The molecule has 0 aliphatic rings. The van der Waals surface area contributed by atoms with Gasteiger partial charge in [-0.25, -0.2) is 8.78 Å². The lowest BCUT2D eigenvalue weighted by atomic mass is 10.1. The molecule has 112 valence electrons. The third kappa shape index (κ3) is 3.45. The van der Waals surface area contributed by atoms with Crippen molar-refractivity contribution in [1.82, 2.24) is 9.78 Å². The van der Waals surface area contributed by atoms with Gasteiger partial charge in [0.25, 0.3) is 0 Å². The fourth-order valence-electron chi connectivity index (χ4n) is 2.22. The van der Waals surface area contributed by atoms with Crippen LogP contribution in [0.25, 0.3) is 0 Å². The van der Waals surface area contributed by atoms with E-state index < -0.39 is 11.6 Å². The highest BCUT2D eigenvalue weighted by molar-refractivity contribution is 5.90. The Hall–Kier alpha value is -2.24. The molecule has 1 N–H and O–H groups in total. The van der Waals surface area contributed by atoms with Gasteiger partial charge in [0.2, 0.25) is 5.91 Å². The third-order valence-corrected chi connectivity index (χ3v) is 3.46. The normalized spacial score (nSPS) is 10.7. The van der Waals surface area contributed by atoms with Crippen LogP contribution in [0.4, 0.5) is 14.5 Å². The lowest BCUT2D eigenvalue weighted by Crippen LogP contribution is -2.13.